The summed E-state index contributed by atoms with van der Waals surface area (Å²) in [7, 11) is 0. The van der Waals surface area contributed by atoms with Crippen LogP contribution in [-0.2, 0) is 0 Å². The lowest BCUT2D eigenvalue weighted by molar-refractivity contribution is 1.09. The lowest BCUT2D eigenvalue weighted by atomic mass is 10.2. The summed E-state index contributed by atoms with van der Waals surface area (Å²) in [5.41, 5.74) is 3.55. The summed E-state index contributed by atoms with van der Waals surface area (Å²) in [5, 5.41) is 6.73. The molecule has 0 fully saturated rings. The van der Waals surface area contributed by atoms with Crippen molar-refractivity contribution in [2.75, 3.05) is 0 Å². The Bertz CT molecular complexity index is 683. The van der Waals surface area contributed by atoms with E-state index < -0.39 is 0 Å². The predicted molar refractivity (Wildman–Crippen MR) is 69.2 cm³/mol. The maximum Gasteiger partial charge on any atom is 0.163 e. The highest BCUT2D eigenvalue weighted by Gasteiger charge is 2.12. The number of aromatic nitrogens is 5. The lowest BCUT2D eigenvalue weighted by Gasteiger charge is -1.95. The fraction of sp³-hybridized carbons (Fsp3) is 0. The van der Waals surface area contributed by atoms with E-state index in [2.05, 4.69) is 42.7 Å². The molecule has 3 heterocycles. The van der Waals surface area contributed by atoms with Crippen LogP contribution in [0, 0.1) is 0 Å². The summed E-state index contributed by atoms with van der Waals surface area (Å²) in [5.74, 6) is 0. The molecule has 0 aliphatic carbocycles. The van der Waals surface area contributed by atoms with Crippen molar-refractivity contribution >= 4 is 33.3 Å². The van der Waals surface area contributed by atoms with Gasteiger partial charge in [0.2, 0.25) is 0 Å². The van der Waals surface area contributed by atoms with Crippen LogP contribution in [0.15, 0.2) is 36.0 Å². The highest BCUT2D eigenvalue weighted by atomic mass is 79.9. The van der Waals surface area contributed by atoms with E-state index in [1.165, 1.54) is 0 Å². The van der Waals surface area contributed by atoms with Crippen LogP contribution >= 0.6 is 15.9 Å². The maximum atomic E-state index is 4.44. The Hall–Kier alpha value is -1.95. The standard InChI is InChI=1S/C11H8BrN5/c1-2-17-6-8(7-3-14-15-4-7)10-11(17)13-5-9(12)16-10/h2-6H,1H2,(H,14,15). The third-order valence-electron chi connectivity index (χ3n) is 2.50. The van der Waals surface area contributed by atoms with Gasteiger partial charge in [-0.1, -0.05) is 6.58 Å². The fourth-order valence-corrected chi connectivity index (χ4v) is 2.02. The third kappa shape index (κ3) is 1.57. The van der Waals surface area contributed by atoms with E-state index in [0.717, 1.165) is 22.3 Å². The fourth-order valence-electron chi connectivity index (χ4n) is 1.74. The quantitative estimate of drug-likeness (QED) is 0.789. The van der Waals surface area contributed by atoms with Crippen molar-refractivity contribution in [2.45, 2.75) is 0 Å². The van der Waals surface area contributed by atoms with Crippen molar-refractivity contribution in [3.63, 3.8) is 0 Å². The zero-order valence-corrected chi connectivity index (χ0v) is 10.3. The zero-order valence-electron chi connectivity index (χ0n) is 8.76. The minimum atomic E-state index is 0.705. The summed E-state index contributed by atoms with van der Waals surface area (Å²) in [4.78, 5) is 8.78. The summed E-state index contributed by atoms with van der Waals surface area (Å²) in [6, 6.07) is 0. The van der Waals surface area contributed by atoms with E-state index in [9.17, 15) is 0 Å². The van der Waals surface area contributed by atoms with Crippen molar-refractivity contribution in [2.24, 2.45) is 0 Å². The maximum absolute atomic E-state index is 4.44. The molecule has 5 nitrogen and oxygen atoms in total. The molecule has 1 N–H and O–H groups in total. The van der Waals surface area contributed by atoms with Crippen LogP contribution < -0.4 is 0 Å². The first-order chi connectivity index (χ1) is 8.29. The molecule has 0 atom stereocenters. The molecule has 3 aromatic heterocycles. The molecule has 84 valence electrons. The number of H-pyrrole nitrogens is 1. The largest absolute Gasteiger partial charge is 0.307 e. The summed E-state index contributed by atoms with van der Waals surface area (Å²) in [6.07, 6.45) is 8.89. The number of fused-ring (bicyclic) bond motifs is 1. The Kier molecular flexibility index (Phi) is 2.29. The number of hydrogen-bond donors (Lipinski definition) is 1. The van der Waals surface area contributed by atoms with Crippen LogP contribution in [0.3, 0.4) is 0 Å². The summed E-state index contributed by atoms with van der Waals surface area (Å²) >= 11 is 3.33. The number of hydrogen-bond acceptors (Lipinski definition) is 3. The average Bonchev–Trinajstić information content (AvgIpc) is 2.94. The smallest absolute Gasteiger partial charge is 0.163 e. The van der Waals surface area contributed by atoms with Gasteiger partial charge >= 0.3 is 0 Å². The Morgan fingerprint density at radius 3 is 3.00 bits per heavy atom. The van der Waals surface area contributed by atoms with Gasteiger partial charge in [0.25, 0.3) is 0 Å². The normalized spacial score (nSPS) is 10.9. The topological polar surface area (TPSA) is 59.4 Å². The summed E-state index contributed by atoms with van der Waals surface area (Å²) in [6.45, 7) is 3.76. The monoisotopic (exact) mass is 289 g/mol. The van der Waals surface area contributed by atoms with Crippen LogP contribution in [0.25, 0.3) is 28.5 Å². The van der Waals surface area contributed by atoms with Crippen LogP contribution in [-0.4, -0.2) is 24.7 Å². The Morgan fingerprint density at radius 1 is 1.41 bits per heavy atom. The van der Waals surface area contributed by atoms with Gasteiger partial charge in [-0.05, 0) is 15.9 Å². The molecule has 0 saturated carbocycles. The Labute approximate surface area is 105 Å². The molecule has 0 unspecified atom stereocenters. The van der Waals surface area contributed by atoms with E-state index in [1.807, 2.05) is 17.0 Å². The molecule has 0 spiro atoms. The van der Waals surface area contributed by atoms with E-state index in [-0.39, 0.29) is 0 Å². The van der Waals surface area contributed by atoms with Gasteiger partial charge in [0.15, 0.2) is 5.65 Å². The van der Waals surface area contributed by atoms with Crippen LogP contribution in [0.2, 0.25) is 0 Å². The van der Waals surface area contributed by atoms with Gasteiger partial charge in [-0.3, -0.25) is 5.10 Å². The van der Waals surface area contributed by atoms with E-state index in [1.54, 1.807) is 18.6 Å². The van der Waals surface area contributed by atoms with E-state index >= 15 is 0 Å². The second-order valence-corrected chi connectivity index (χ2v) is 4.30. The van der Waals surface area contributed by atoms with Crippen molar-refractivity contribution in [1.29, 1.82) is 0 Å². The van der Waals surface area contributed by atoms with Gasteiger partial charge in [-0.15, -0.1) is 0 Å². The highest BCUT2D eigenvalue weighted by molar-refractivity contribution is 9.10. The minimum Gasteiger partial charge on any atom is -0.307 e. The molecule has 6 heteroatoms. The molecule has 0 aliphatic heterocycles. The molecule has 0 bridgehead atoms. The van der Waals surface area contributed by atoms with E-state index in [0.29, 0.717) is 4.60 Å². The van der Waals surface area contributed by atoms with Gasteiger partial charge in [0.05, 0.1) is 12.4 Å². The van der Waals surface area contributed by atoms with Gasteiger partial charge in [0.1, 0.15) is 10.1 Å². The number of rotatable bonds is 2. The second-order valence-electron chi connectivity index (χ2n) is 3.48. The molecule has 3 aromatic rings. The zero-order chi connectivity index (χ0) is 11.8. The highest BCUT2D eigenvalue weighted by Crippen LogP contribution is 2.28. The van der Waals surface area contributed by atoms with Crippen molar-refractivity contribution in [1.82, 2.24) is 24.7 Å². The molecule has 0 amide bonds. The van der Waals surface area contributed by atoms with Crippen molar-refractivity contribution in [3.05, 3.63) is 36.0 Å². The van der Waals surface area contributed by atoms with Crippen LogP contribution in [0.4, 0.5) is 0 Å². The van der Waals surface area contributed by atoms with Gasteiger partial charge in [0, 0.05) is 29.7 Å². The second kappa shape index (κ2) is 3.81. The molecule has 0 aromatic carbocycles. The van der Waals surface area contributed by atoms with Crippen LogP contribution in [0.5, 0.6) is 0 Å². The molecule has 0 aliphatic rings. The first-order valence-electron chi connectivity index (χ1n) is 4.94. The van der Waals surface area contributed by atoms with E-state index in [4.69, 9.17) is 0 Å². The average molecular weight is 290 g/mol. The van der Waals surface area contributed by atoms with Gasteiger partial charge in [-0.2, -0.15) is 5.10 Å². The SMILES string of the molecule is C=Cn1cc(-c2cn[nH]c2)c2nc(Br)cnc21. The molecular weight excluding hydrogens is 282 g/mol. The number of halogens is 1. The molecular formula is C11H8BrN5. The molecule has 3 rings (SSSR count). The molecule has 0 radical (unpaired) electrons. The molecule has 17 heavy (non-hydrogen) atoms. The Balaban J connectivity index is 2.38. The first kappa shape index (κ1) is 10.2. The van der Waals surface area contributed by atoms with Gasteiger partial charge in [-0.25, -0.2) is 9.97 Å². The van der Waals surface area contributed by atoms with Crippen molar-refractivity contribution < 1.29 is 0 Å². The number of nitrogens with one attached hydrogen (secondary N) is 1. The van der Waals surface area contributed by atoms with Crippen molar-refractivity contribution in [3.8, 4) is 11.1 Å². The van der Waals surface area contributed by atoms with Gasteiger partial charge < -0.3 is 4.57 Å². The molecule has 0 saturated heterocycles. The Morgan fingerprint density at radius 2 is 2.29 bits per heavy atom. The summed E-state index contributed by atoms with van der Waals surface area (Å²) < 4.78 is 2.55. The lowest BCUT2D eigenvalue weighted by Crippen LogP contribution is -1.87. The van der Waals surface area contributed by atoms with Crippen LogP contribution in [0.1, 0.15) is 0 Å². The number of nitrogens with zero attached hydrogens (tertiary/aromatic N) is 4. The third-order valence-corrected chi connectivity index (χ3v) is 2.88. The minimum absolute atomic E-state index is 0.705. The predicted octanol–water partition coefficient (Wildman–Crippen LogP) is 2.68. The number of aromatic amines is 1. The first-order valence-corrected chi connectivity index (χ1v) is 5.73.